The second kappa shape index (κ2) is 4.51. The van der Waals surface area contributed by atoms with Gasteiger partial charge in [0.05, 0.1) is 6.20 Å². The number of hydrogen-bond donors (Lipinski definition) is 0. The van der Waals surface area contributed by atoms with Crippen LogP contribution in [0.4, 0.5) is 8.78 Å². The molecule has 0 aliphatic heterocycles. The van der Waals surface area contributed by atoms with E-state index in [4.69, 9.17) is 11.6 Å². The van der Waals surface area contributed by atoms with E-state index in [1.807, 2.05) is 0 Å². The van der Waals surface area contributed by atoms with Crippen LogP contribution in [0.25, 0.3) is 11.2 Å². The Bertz CT molecular complexity index is 714. The zero-order valence-electron chi connectivity index (χ0n) is 10.8. The SMILES string of the molecule is Cn1c(=O)n(C2CCC(F)(F)CC2)c2nc(Cl)ncc21. The molecule has 2 aromatic heterocycles. The van der Waals surface area contributed by atoms with Crippen LogP contribution in [0.1, 0.15) is 31.7 Å². The Balaban J connectivity index is 2.10. The van der Waals surface area contributed by atoms with Crippen molar-refractivity contribution in [2.45, 2.75) is 37.6 Å². The Morgan fingerprint density at radius 2 is 2.05 bits per heavy atom. The summed E-state index contributed by atoms with van der Waals surface area (Å²) in [6, 6.07) is -0.267. The van der Waals surface area contributed by atoms with Crippen molar-refractivity contribution in [3.8, 4) is 0 Å². The molecule has 2 aromatic rings. The second-order valence-corrected chi connectivity index (χ2v) is 5.48. The first-order valence-electron chi connectivity index (χ1n) is 6.36. The number of halogens is 3. The van der Waals surface area contributed by atoms with Crippen molar-refractivity contribution in [3.63, 3.8) is 0 Å². The van der Waals surface area contributed by atoms with Crippen LogP contribution in [0.15, 0.2) is 11.0 Å². The molecular formula is C12H13ClF2N4O. The van der Waals surface area contributed by atoms with Gasteiger partial charge in [0.2, 0.25) is 11.2 Å². The molecule has 0 N–H and O–H groups in total. The average molecular weight is 303 g/mol. The van der Waals surface area contributed by atoms with E-state index in [0.29, 0.717) is 11.2 Å². The van der Waals surface area contributed by atoms with E-state index in [9.17, 15) is 13.6 Å². The Morgan fingerprint density at radius 1 is 1.40 bits per heavy atom. The first kappa shape index (κ1) is 13.5. The minimum atomic E-state index is -2.63. The van der Waals surface area contributed by atoms with Crippen LogP contribution >= 0.6 is 11.6 Å². The second-order valence-electron chi connectivity index (χ2n) is 5.15. The van der Waals surface area contributed by atoms with Crippen molar-refractivity contribution in [2.75, 3.05) is 0 Å². The molecule has 1 fully saturated rings. The summed E-state index contributed by atoms with van der Waals surface area (Å²) >= 11 is 5.77. The molecule has 2 heterocycles. The Hall–Kier alpha value is -1.50. The Labute approximate surface area is 118 Å². The van der Waals surface area contributed by atoms with Crippen molar-refractivity contribution in [1.29, 1.82) is 0 Å². The number of aromatic nitrogens is 4. The van der Waals surface area contributed by atoms with Crippen molar-refractivity contribution in [3.05, 3.63) is 22.0 Å². The molecule has 8 heteroatoms. The molecule has 0 radical (unpaired) electrons. The topological polar surface area (TPSA) is 52.7 Å². The monoisotopic (exact) mass is 302 g/mol. The van der Waals surface area contributed by atoms with Crippen LogP contribution in [-0.4, -0.2) is 25.0 Å². The molecule has 0 saturated heterocycles. The minimum Gasteiger partial charge on any atom is -0.292 e. The lowest BCUT2D eigenvalue weighted by molar-refractivity contribution is -0.0439. The van der Waals surface area contributed by atoms with Crippen LogP contribution in [0, 0.1) is 0 Å². The highest BCUT2D eigenvalue weighted by molar-refractivity contribution is 6.28. The number of hydrogen-bond acceptors (Lipinski definition) is 3. The summed E-state index contributed by atoms with van der Waals surface area (Å²) in [6.07, 6.45) is 1.57. The molecule has 1 aliphatic carbocycles. The van der Waals surface area contributed by atoms with E-state index < -0.39 is 5.92 Å². The lowest BCUT2D eigenvalue weighted by Crippen LogP contribution is -2.32. The van der Waals surface area contributed by atoms with Gasteiger partial charge >= 0.3 is 5.69 Å². The van der Waals surface area contributed by atoms with Gasteiger partial charge in [0, 0.05) is 25.9 Å². The van der Waals surface area contributed by atoms with Crippen LogP contribution in [0.5, 0.6) is 0 Å². The molecule has 0 atom stereocenters. The summed E-state index contributed by atoms with van der Waals surface area (Å²) < 4.78 is 29.4. The molecule has 0 unspecified atom stereocenters. The first-order chi connectivity index (χ1) is 9.39. The fourth-order valence-electron chi connectivity index (χ4n) is 2.73. The fourth-order valence-corrected chi connectivity index (χ4v) is 2.86. The summed E-state index contributed by atoms with van der Waals surface area (Å²) in [7, 11) is 1.61. The first-order valence-corrected chi connectivity index (χ1v) is 6.74. The van der Waals surface area contributed by atoms with Gasteiger partial charge in [-0.2, -0.15) is 4.98 Å². The van der Waals surface area contributed by atoms with Gasteiger partial charge in [0.15, 0.2) is 5.65 Å². The third kappa shape index (κ3) is 2.09. The van der Waals surface area contributed by atoms with Crippen LogP contribution < -0.4 is 5.69 Å². The smallest absolute Gasteiger partial charge is 0.292 e. The molecule has 0 amide bonds. The summed E-state index contributed by atoms with van der Waals surface area (Å²) in [5.41, 5.74) is 0.691. The van der Waals surface area contributed by atoms with Gasteiger partial charge in [-0.25, -0.2) is 18.6 Å². The number of rotatable bonds is 1. The molecule has 3 rings (SSSR count). The van der Waals surface area contributed by atoms with Gasteiger partial charge in [-0.15, -0.1) is 0 Å². The molecule has 20 heavy (non-hydrogen) atoms. The highest BCUT2D eigenvalue weighted by Gasteiger charge is 2.36. The summed E-state index contributed by atoms with van der Waals surface area (Å²) in [4.78, 5) is 20.2. The summed E-state index contributed by atoms with van der Waals surface area (Å²) in [6.45, 7) is 0. The zero-order valence-corrected chi connectivity index (χ0v) is 11.6. The van der Waals surface area contributed by atoms with Crippen LogP contribution in [0.3, 0.4) is 0 Å². The Kier molecular flexibility index (Phi) is 3.04. The predicted octanol–water partition coefficient (Wildman–Crippen LogP) is 2.53. The number of imidazole rings is 1. The molecule has 1 aliphatic rings. The maximum Gasteiger partial charge on any atom is 0.330 e. The molecule has 1 saturated carbocycles. The largest absolute Gasteiger partial charge is 0.330 e. The van der Waals surface area contributed by atoms with Crippen molar-refractivity contribution < 1.29 is 8.78 Å². The maximum atomic E-state index is 13.2. The number of fused-ring (bicyclic) bond motifs is 1. The van der Waals surface area contributed by atoms with Crippen molar-refractivity contribution in [1.82, 2.24) is 19.1 Å². The van der Waals surface area contributed by atoms with Crippen molar-refractivity contribution in [2.24, 2.45) is 7.05 Å². The predicted molar refractivity (Wildman–Crippen MR) is 70.2 cm³/mol. The van der Waals surface area contributed by atoms with Gasteiger partial charge < -0.3 is 0 Å². The zero-order chi connectivity index (χ0) is 14.5. The lowest BCUT2D eigenvalue weighted by atomic mass is 9.92. The summed E-state index contributed by atoms with van der Waals surface area (Å²) in [5, 5.41) is 0.0398. The van der Waals surface area contributed by atoms with Gasteiger partial charge in [0.1, 0.15) is 5.52 Å². The molecule has 108 valence electrons. The highest BCUT2D eigenvalue weighted by Crippen LogP contribution is 2.38. The average Bonchev–Trinajstić information content (AvgIpc) is 2.63. The molecule has 0 spiro atoms. The number of aryl methyl sites for hydroxylation is 1. The van der Waals surface area contributed by atoms with E-state index in [1.54, 1.807) is 7.05 Å². The fraction of sp³-hybridized carbons (Fsp3) is 0.583. The molecule has 5 nitrogen and oxygen atoms in total. The van der Waals surface area contributed by atoms with E-state index in [-0.39, 0.29) is 42.7 Å². The Morgan fingerprint density at radius 3 is 2.70 bits per heavy atom. The summed E-state index contributed by atoms with van der Waals surface area (Å²) in [5.74, 6) is -2.63. The number of nitrogens with zero attached hydrogens (tertiary/aromatic N) is 4. The third-order valence-electron chi connectivity index (χ3n) is 3.85. The molecule has 0 bridgehead atoms. The maximum absolute atomic E-state index is 13.2. The normalized spacial score (nSPS) is 19.6. The van der Waals surface area contributed by atoms with Crippen molar-refractivity contribution >= 4 is 22.8 Å². The standard InChI is InChI=1S/C12H13ClF2N4O/c1-18-8-6-16-10(13)17-9(8)19(11(18)20)7-2-4-12(14,15)5-3-7/h6-7H,2-5H2,1H3. The van der Waals surface area contributed by atoms with E-state index >= 15 is 0 Å². The van der Waals surface area contributed by atoms with E-state index in [2.05, 4.69) is 9.97 Å². The van der Waals surface area contributed by atoms with Gasteiger partial charge in [-0.3, -0.25) is 9.13 Å². The quantitative estimate of drug-likeness (QED) is 0.761. The van der Waals surface area contributed by atoms with Gasteiger partial charge in [-0.05, 0) is 24.4 Å². The van der Waals surface area contributed by atoms with E-state index in [0.717, 1.165) is 0 Å². The van der Waals surface area contributed by atoms with Gasteiger partial charge in [-0.1, -0.05) is 0 Å². The molecule has 0 aromatic carbocycles. The van der Waals surface area contributed by atoms with Crippen LogP contribution in [0.2, 0.25) is 5.28 Å². The third-order valence-corrected chi connectivity index (χ3v) is 4.04. The molecular weight excluding hydrogens is 290 g/mol. The van der Waals surface area contributed by atoms with E-state index in [1.165, 1.54) is 15.3 Å². The highest BCUT2D eigenvalue weighted by atomic mass is 35.5. The van der Waals surface area contributed by atoms with Gasteiger partial charge in [0.25, 0.3) is 0 Å². The number of alkyl halides is 2. The van der Waals surface area contributed by atoms with Crippen LogP contribution in [-0.2, 0) is 7.05 Å². The lowest BCUT2D eigenvalue weighted by Gasteiger charge is -2.28. The minimum absolute atomic E-state index is 0.0398.